The van der Waals surface area contributed by atoms with E-state index in [4.69, 9.17) is 0 Å². The minimum atomic E-state index is -3.71. The molecule has 1 N–H and O–H groups in total. The van der Waals surface area contributed by atoms with Crippen molar-refractivity contribution in [1.29, 1.82) is 0 Å². The number of benzene rings is 2. The van der Waals surface area contributed by atoms with Gasteiger partial charge in [0.05, 0.1) is 17.5 Å². The van der Waals surface area contributed by atoms with Gasteiger partial charge in [-0.3, -0.25) is 4.31 Å². The summed E-state index contributed by atoms with van der Waals surface area (Å²) in [4.78, 5) is 0.255. The number of aliphatic hydroxyl groups excluding tert-OH is 1. The van der Waals surface area contributed by atoms with E-state index in [0.717, 1.165) is 36.8 Å². The molecular weight excluding hydrogens is 370 g/mol. The predicted octanol–water partition coefficient (Wildman–Crippen LogP) is 4.64. The van der Waals surface area contributed by atoms with Crippen molar-refractivity contribution in [3.8, 4) is 0 Å². The highest BCUT2D eigenvalue weighted by molar-refractivity contribution is 7.89. The van der Waals surface area contributed by atoms with Crippen LogP contribution in [0.5, 0.6) is 0 Å². The Labute approximate surface area is 168 Å². The van der Waals surface area contributed by atoms with Crippen LogP contribution >= 0.6 is 0 Å². The summed E-state index contributed by atoms with van der Waals surface area (Å²) in [6.45, 7) is 2.16. The van der Waals surface area contributed by atoms with Gasteiger partial charge in [0.15, 0.2) is 0 Å². The molecule has 1 atom stereocenters. The summed E-state index contributed by atoms with van der Waals surface area (Å²) in [6, 6.07) is 16.4. The molecule has 0 amide bonds. The van der Waals surface area contributed by atoms with E-state index in [1.54, 1.807) is 36.5 Å². The van der Waals surface area contributed by atoms with Crippen LogP contribution < -0.4 is 0 Å². The lowest BCUT2D eigenvalue weighted by Crippen LogP contribution is -2.27. The van der Waals surface area contributed by atoms with Gasteiger partial charge < -0.3 is 5.11 Å². The summed E-state index contributed by atoms with van der Waals surface area (Å²) in [7, 11) is -3.71. The third-order valence-electron chi connectivity index (χ3n) is 5.39. The van der Waals surface area contributed by atoms with Gasteiger partial charge in [-0.25, -0.2) is 8.42 Å². The predicted molar refractivity (Wildman–Crippen MR) is 112 cm³/mol. The van der Waals surface area contributed by atoms with Crippen LogP contribution in [0.2, 0.25) is 0 Å². The Balaban J connectivity index is 1.85. The Bertz CT molecular complexity index is 870. The molecule has 1 saturated carbocycles. The van der Waals surface area contributed by atoms with Crippen LogP contribution in [0.15, 0.2) is 71.8 Å². The largest absolute Gasteiger partial charge is 0.389 e. The van der Waals surface area contributed by atoms with Gasteiger partial charge in [-0.1, -0.05) is 67.3 Å². The van der Waals surface area contributed by atoms with Crippen LogP contribution in [-0.2, 0) is 16.6 Å². The molecule has 2 aromatic rings. The summed E-state index contributed by atoms with van der Waals surface area (Å²) < 4.78 is 27.8. The second-order valence-electron chi connectivity index (χ2n) is 7.58. The van der Waals surface area contributed by atoms with Crippen LogP contribution in [0, 0.1) is 12.8 Å². The number of hydrogen-bond donors (Lipinski definition) is 1. The summed E-state index contributed by atoms with van der Waals surface area (Å²) in [5, 5.41) is 10.6. The van der Waals surface area contributed by atoms with Gasteiger partial charge in [0.25, 0.3) is 10.0 Å². The maximum absolute atomic E-state index is 13.2. The lowest BCUT2D eigenvalue weighted by atomic mass is 9.85. The third kappa shape index (κ3) is 5.24. The first-order valence-corrected chi connectivity index (χ1v) is 11.4. The minimum Gasteiger partial charge on any atom is -0.389 e. The highest BCUT2D eigenvalue weighted by atomic mass is 32.2. The minimum absolute atomic E-state index is 0.214. The van der Waals surface area contributed by atoms with Crippen molar-refractivity contribution in [1.82, 2.24) is 4.31 Å². The van der Waals surface area contributed by atoms with Crippen molar-refractivity contribution in [2.45, 2.75) is 56.6 Å². The van der Waals surface area contributed by atoms with Gasteiger partial charge in [-0.05, 0) is 49.5 Å². The molecule has 0 heterocycles. The van der Waals surface area contributed by atoms with Crippen molar-refractivity contribution in [3.63, 3.8) is 0 Å². The van der Waals surface area contributed by atoms with Gasteiger partial charge in [0, 0.05) is 6.20 Å². The number of aryl methyl sites for hydroxylation is 1. The van der Waals surface area contributed by atoms with E-state index in [1.807, 2.05) is 37.3 Å². The molecule has 5 heteroatoms. The first-order chi connectivity index (χ1) is 13.5. The Morgan fingerprint density at radius 3 is 2.32 bits per heavy atom. The molecule has 1 fully saturated rings. The average Bonchev–Trinajstić information content (AvgIpc) is 2.72. The van der Waals surface area contributed by atoms with Crippen LogP contribution in [0.3, 0.4) is 0 Å². The molecule has 4 nitrogen and oxygen atoms in total. The molecule has 0 bridgehead atoms. The summed E-state index contributed by atoms with van der Waals surface area (Å²) in [6.07, 6.45) is 8.03. The third-order valence-corrected chi connectivity index (χ3v) is 7.13. The SMILES string of the molecule is Cc1ccc(S(=O)(=O)N(/C=C/[C@H](O)C2CCCCC2)Cc2ccccc2)cc1. The zero-order valence-electron chi connectivity index (χ0n) is 16.4. The second kappa shape index (κ2) is 9.39. The smallest absolute Gasteiger partial charge is 0.264 e. The number of hydrogen-bond acceptors (Lipinski definition) is 3. The van der Waals surface area contributed by atoms with E-state index < -0.39 is 16.1 Å². The fraction of sp³-hybridized carbons (Fsp3) is 0.391. The molecule has 0 saturated heterocycles. The number of rotatable bonds is 7. The highest BCUT2D eigenvalue weighted by Gasteiger charge is 2.24. The average molecular weight is 400 g/mol. The molecule has 28 heavy (non-hydrogen) atoms. The van der Waals surface area contributed by atoms with E-state index in [9.17, 15) is 13.5 Å². The monoisotopic (exact) mass is 399 g/mol. The number of nitrogens with zero attached hydrogens (tertiary/aromatic N) is 1. The molecule has 0 aliphatic heterocycles. The Morgan fingerprint density at radius 1 is 1.04 bits per heavy atom. The van der Waals surface area contributed by atoms with E-state index in [2.05, 4.69) is 0 Å². The lowest BCUT2D eigenvalue weighted by molar-refractivity contribution is 0.124. The molecule has 0 aromatic heterocycles. The summed E-state index contributed by atoms with van der Waals surface area (Å²) in [5.41, 5.74) is 1.91. The van der Waals surface area contributed by atoms with Crippen molar-refractivity contribution in [2.24, 2.45) is 5.92 Å². The van der Waals surface area contributed by atoms with E-state index in [-0.39, 0.29) is 17.4 Å². The fourth-order valence-corrected chi connectivity index (χ4v) is 4.94. The molecular formula is C23H29NO3S. The maximum Gasteiger partial charge on any atom is 0.264 e. The lowest BCUT2D eigenvalue weighted by Gasteiger charge is -2.26. The Morgan fingerprint density at radius 2 is 1.68 bits per heavy atom. The summed E-state index contributed by atoms with van der Waals surface area (Å²) in [5.74, 6) is 0.214. The molecule has 0 spiro atoms. The zero-order valence-corrected chi connectivity index (χ0v) is 17.2. The summed E-state index contributed by atoms with van der Waals surface area (Å²) >= 11 is 0. The maximum atomic E-state index is 13.2. The quantitative estimate of drug-likeness (QED) is 0.738. The first kappa shape index (κ1) is 20.6. The highest BCUT2D eigenvalue weighted by Crippen LogP contribution is 2.27. The van der Waals surface area contributed by atoms with Crippen LogP contribution in [0.1, 0.15) is 43.2 Å². The second-order valence-corrected chi connectivity index (χ2v) is 9.47. The topological polar surface area (TPSA) is 57.6 Å². The van der Waals surface area contributed by atoms with Gasteiger partial charge in [0.2, 0.25) is 0 Å². The van der Waals surface area contributed by atoms with Crippen molar-refractivity contribution < 1.29 is 13.5 Å². The van der Waals surface area contributed by atoms with E-state index >= 15 is 0 Å². The normalized spacial score (nSPS) is 16.9. The molecule has 150 valence electrons. The zero-order chi connectivity index (χ0) is 20.0. The van der Waals surface area contributed by atoms with Crippen molar-refractivity contribution in [3.05, 3.63) is 78.0 Å². The van der Waals surface area contributed by atoms with Gasteiger partial charge in [0.1, 0.15) is 0 Å². The molecule has 0 radical (unpaired) electrons. The molecule has 0 unspecified atom stereocenters. The molecule has 1 aliphatic rings. The standard InChI is InChI=1S/C23H29NO3S/c1-19-12-14-22(15-13-19)28(26,27)24(18-20-8-4-2-5-9-20)17-16-23(25)21-10-6-3-7-11-21/h2,4-5,8-9,12-17,21,23,25H,3,6-7,10-11,18H2,1H3/b17-16+/t23-/m0/s1. The van der Waals surface area contributed by atoms with Crippen LogP contribution in [-0.4, -0.2) is 23.9 Å². The van der Waals surface area contributed by atoms with Crippen molar-refractivity contribution in [2.75, 3.05) is 0 Å². The van der Waals surface area contributed by atoms with Gasteiger partial charge >= 0.3 is 0 Å². The number of sulfonamides is 1. The van der Waals surface area contributed by atoms with Gasteiger partial charge in [-0.15, -0.1) is 0 Å². The first-order valence-electron chi connectivity index (χ1n) is 9.95. The number of aliphatic hydroxyl groups is 1. The molecule has 2 aromatic carbocycles. The molecule has 1 aliphatic carbocycles. The van der Waals surface area contributed by atoms with Crippen LogP contribution in [0.25, 0.3) is 0 Å². The van der Waals surface area contributed by atoms with Crippen LogP contribution in [0.4, 0.5) is 0 Å². The van der Waals surface area contributed by atoms with Gasteiger partial charge in [-0.2, -0.15) is 0 Å². The van der Waals surface area contributed by atoms with E-state index in [0.29, 0.717) is 0 Å². The Hall–Kier alpha value is -2.11. The van der Waals surface area contributed by atoms with Crippen molar-refractivity contribution >= 4 is 10.0 Å². The fourth-order valence-electron chi connectivity index (χ4n) is 3.64. The van der Waals surface area contributed by atoms with E-state index in [1.165, 1.54) is 10.7 Å². The Kier molecular flexibility index (Phi) is 6.92. The molecule has 3 rings (SSSR count).